The Labute approximate surface area is 124 Å². The smallest absolute Gasteiger partial charge is 0.326 e. The quantitative estimate of drug-likeness (QED) is 0.669. The van der Waals surface area contributed by atoms with Crippen molar-refractivity contribution in [3.63, 3.8) is 0 Å². The molecule has 0 aliphatic carbocycles. The van der Waals surface area contributed by atoms with Gasteiger partial charge in [0.2, 0.25) is 0 Å². The number of hydrogen-bond acceptors (Lipinski definition) is 4. The molecule has 2 heterocycles. The first-order valence-corrected chi connectivity index (χ1v) is 7.75. The van der Waals surface area contributed by atoms with E-state index in [4.69, 9.17) is 10.2 Å². The molecule has 7 heteroatoms. The summed E-state index contributed by atoms with van der Waals surface area (Å²) < 4.78 is 0. The molecular formula is C14H25N3O4. The summed E-state index contributed by atoms with van der Waals surface area (Å²) in [4.78, 5) is 27.2. The van der Waals surface area contributed by atoms with Crippen LogP contribution in [0, 0.1) is 0 Å². The van der Waals surface area contributed by atoms with Crippen molar-refractivity contribution in [2.45, 2.75) is 44.2 Å². The third-order valence-corrected chi connectivity index (χ3v) is 4.37. The number of aliphatic carboxylic acids is 1. The number of nitrogens with one attached hydrogen (secondary N) is 1. The number of hydrogen-bond donors (Lipinski definition) is 3. The number of urea groups is 1. The summed E-state index contributed by atoms with van der Waals surface area (Å²) >= 11 is 0. The van der Waals surface area contributed by atoms with E-state index in [2.05, 4.69) is 10.2 Å². The van der Waals surface area contributed by atoms with Crippen LogP contribution in [0.2, 0.25) is 0 Å². The first-order chi connectivity index (χ1) is 10.1. The summed E-state index contributed by atoms with van der Waals surface area (Å²) in [6.45, 7) is 3.27. The van der Waals surface area contributed by atoms with Gasteiger partial charge in [-0.1, -0.05) is 6.42 Å². The van der Waals surface area contributed by atoms with E-state index in [0.29, 0.717) is 19.1 Å². The fraction of sp³-hybridized carbons (Fsp3) is 0.857. The molecule has 1 unspecified atom stereocenters. The molecule has 0 spiro atoms. The molecule has 0 aromatic rings. The lowest BCUT2D eigenvalue weighted by Crippen LogP contribution is -2.49. The van der Waals surface area contributed by atoms with Crippen LogP contribution in [-0.2, 0) is 4.79 Å². The number of rotatable bonds is 5. The van der Waals surface area contributed by atoms with Crippen molar-refractivity contribution in [3.8, 4) is 0 Å². The minimum absolute atomic E-state index is 0.0322. The molecule has 2 atom stereocenters. The van der Waals surface area contributed by atoms with Gasteiger partial charge in [0.25, 0.3) is 0 Å². The normalized spacial score (nSPS) is 24.8. The van der Waals surface area contributed by atoms with E-state index < -0.39 is 12.0 Å². The van der Waals surface area contributed by atoms with Crippen molar-refractivity contribution in [2.75, 3.05) is 32.8 Å². The number of carboxylic acid groups (broad SMARTS) is 1. The van der Waals surface area contributed by atoms with Crippen molar-refractivity contribution in [2.24, 2.45) is 0 Å². The van der Waals surface area contributed by atoms with Crippen LogP contribution in [-0.4, -0.2) is 76.9 Å². The number of carboxylic acids is 1. The van der Waals surface area contributed by atoms with Crippen molar-refractivity contribution in [1.29, 1.82) is 0 Å². The van der Waals surface area contributed by atoms with Crippen molar-refractivity contribution in [3.05, 3.63) is 0 Å². The zero-order valence-corrected chi connectivity index (χ0v) is 12.3. The first kappa shape index (κ1) is 16.0. The van der Waals surface area contributed by atoms with Crippen LogP contribution < -0.4 is 5.32 Å². The molecule has 3 N–H and O–H groups in total. The number of amides is 2. The largest absolute Gasteiger partial charge is 0.480 e. The number of carbonyl (C=O) groups is 2. The molecule has 2 saturated heterocycles. The average molecular weight is 299 g/mol. The maximum atomic E-state index is 12.1. The molecular weight excluding hydrogens is 274 g/mol. The van der Waals surface area contributed by atoms with Gasteiger partial charge in [-0.25, -0.2) is 9.59 Å². The Kier molecular flexibility index (Phi) is 5.81. The van der Waals surface area contributed by atoms with Crippen LogP contribution in [0.25, 0.3) is 0 Å². The summed E-state index contributed by atoms with van der Waals surface area (Å²) in [7, 11) is 0. The Morgan fingerprint density at radius 1 is 1.19 bits per heavy atom. The zero-order valence-electron chi connectivity index (χ0n) is 12.3. The van der Waals surface area contributed by atoms with Gasteiger partial charge in [0.15, 0.2) is 0 Å². The lowest BCUT2D eigenvalue weighted by atomic mass is 10.1. The van der Waals surface area contributed by atoms with Crippen LogP contribution in [0.4, 0.5) is 4.79 Å². The molecule has 120 valence electrons. The minimum Gasteiger partial charge on any atom is -0.480 e. The van der Waals surface area contributed by atoms with E-state index in [-0.39, 0.29) is 19.1 Å². The number of piperidine rings is 1. The summed E-state index contributed by atoms with van der Waals surface area (Å²) in [5, 5.41) is 20.3. The molecule has 7 nitrogen and oxygen atoms in total. The van der Waals surface area contributed by atoms with Gasteiger partial charge in [0.05, 0.1) is 0 Å². The molecule has 0 aromatic carbocycles. The molecule has 2 aliphatic heterocycles. The van der Waals surface area contributed by atoms with Gasteiger partial charge in [0, 0.05) is 32.2 Å². The second kappa shape index (κ2) is 7.61. The maximum absolute atomic E-state index is 12.1. The minimum atomic E-state index is -1.11. The van der Waals surface area contributed by atoms with Gasteiger partial charge < -0.3 is 20.4 Å². The van der Waals surface area contributed by atoms with Crippen LogP contribution in [0.15, 0.2) is 0 Å². The average Bonchev–Trinajstić information content (AvgIpc) is 2.97. The Hall–Kier alpha value is -1.34. The molecule has 0 bridgehead atoms. The van der Waals surface area contributed by atoms with Gasteiger partial charge in [0.1, 0.15) is 6.04 Å². The Bertz CT molecular complexity index is 371. The predicted octanol–water partition coefficient (Wildman–Crippen LogP) is 0.0918. The lowest BCUT2D eigenvalue weighted by Gasteiger charge is -2.32. The van der Waals surface area contributed by atoms with Gasteiger partial charge in [-0.3, -0.25) is 4.90 Å². The highest BCUT2D eigenvalue weighted by Gasteiger charge is 2.32. The third kappa shape index (κ3) is 4.31. The van der Waals surface area contributed by atoms with E-state index >= 15 is 0 Å². The fourth-order valence-electron chi connectivity index (χ4n) is 3.13. The molecule has 2 rings (SSSR count). The molecule has 2 aliphatic rings. The van der Waals surface area contributed by atoms with E-state index in [1.165, 1.54) is 19.3 Å². The second-order valence-electron chi connectivity index (χ2n) is 5.84. The van der Waals surface area contributed by atoms with E-state index in [0.717, 1.165) is 19.5 Å². The van der Waals surface area contributed by atoms with Gasteiger partial charge in [-0.2, -0.15) is 0 Å². The topological polar surface area (TPSA) is 93.1 Å². The molecule has 21 heavy (non-hydrogen) atoms. The highest BCUT2D eigenvalue weighted by Crippen LogP contribution is 2.20. The molecule has 2 fully saturated rings. The van der Waals surface area contributed by atoms with Gasteiger partial charge in [-0.05, 0) is 32.4 Å². The number of nitrogens with zero attached hydrogens (tertiary/aromatic N) is 2. The highest BCUT2D eigenvalue weighted by atomic mass is 16.4. The van der Waals surface area contributed by atoms with E-state index in [9.17, 15) is 9.59 Å². The van der Waals surface area contributed by atoms with Crippen LogP contribution in [0.5, 0.6) is 0 Å². The summed E-state index contributed by atoms with van der Waals surface area (Å²) in [6.07, 6.45) is 4.71. The highest BCUT2D eigenvalue weighted by molar-refractivity contribution is 5.82. The third-order valence-electron chi connectivity index (χ3n) is 4.37. The Morgan fingerprint density at radius 3 is 2.52 bits per heavy atom. The van der Waals surface area contributed by atoms with E-state index in [1.807, 2.05) is 0 Å². The molecule has 0 saturated carbocycles. The summed E-state index contributed by atoms with van der Waals surface area (Å²) in [6, 6.07) is -0.955. The second-order valence-corrected chi connectivity index (χ2v) is 5.84. The molecule has 0 aromatic heterocycles. The fourth-order valence-corrected chi connectivity index (χ4v) is 3.13. The summed E-state index contributed by atoms with van der Waals surface area (Å²) in [5.41, 5.74) is 0. The van der Waals surface area contributed by atoms with Crippen LogP contribution in [0.1, 0.15) is 32.1 Å². The lowest BCUT2D eigenvalue weighted by molar-refractivity contribution is -0.139. The SMILES string of the molecule is O=C(O)[C@H](CCO)NC(=O)N1CCC(N2CCCCC2)C1. The van der Waals surface area contributed by atoms with Crippen molar-refractivity contribution < 1.29 is 19.8 Å². The van der Waals surface area contributed by atoms with Crippen LogP contribution >= 0.6 is 0 Å². The Balaban J connectivity index is 1.82. The molecule has 2 amide bonds. The first-order valence-electron chi connectivity index (χ1n) is 7.75. The molecule has 0 radical (unpaired) electrons. The number of aliphatic hydroxyl groups is 1. The maximum Gasteiger partial charge on any atom is 0.326 e. The van der Waals surface area contributed by atoms with Gasteiger partial charge >= 0.3 is 12.0 Å². The van der Waals surface area contributed by atoms with Crippen LogP contribution in [0.3, 0.4) is 0 Å². The standard InChI is InChI=1S/C14H25N3O4/c18-9-5-12(13(19)20)15-14(21)17-8-4-11(10-17)16-6-2-1-3-7-16/h11-12,18H,1-10H2,(H,15,21)(H,19,20)/t11?,12-/m0/s1. The number of aliphatic hydroxyl groups excluding tert-OH is 1. The van der Waals surface area contributed by atoms with Crippen molar-refractivity contribution in [1.82, 2.24) is 15.1 Å². The zero-order chi connectivity index (χ0) is 15.2. The van der Waals surface area contributed by atoms with Crippen molar-refractivity contribution >= 4 is 12.0 Å². The van der Waals surface area contributed by atoms with E-state index in [1.54, 1.807) is 4.90 Å². The number of likely N-dealkylation sites (tertiary alicyclic amines) is 2. The summed E-state index contributed by atoms with van der Waals surface area (Å²) in [5.74, 6) is -1.11. The van der Waals surface area contributed by atoms with Gasteiger partial charge in [-0.15, -0.1) is 0 Å². The monoisotopic (exact) mass is 299 g/mol. The predicted molar refractivity (Wildman–Crippen MR) is 77.1 cm³/mol. The Morgan fingerprint density at radius 2 is 1.90 bits per heavy atom. The number of carbonyl (C=O) groups excluding carboxylic acids is 1.